The molecule has 2 aromatic heterocycles. The topological polar surface area (TPSA) is 99.7 Å². The first kappa shape index (κ1) is 21.0. The lowest BCUT2D eigenvalue weighted by Crippen LogP contribution is -2.09. The highest BCUT2D eigenvalue weighted by Crippen LogP contribution is 2.37. The molecule has 0 spiro atoms. The average Bonchev–Trinajstić information content (AvgIpc) is 3.34. The number of hydrogen-bond acceptors (Lipinski definition) is 7. The lowest BCUT2D eigenvalue weighted by molar-refractivity contribution is 0.477. The fraction of sp³-hybridized carbons (Fsp3) is 0.217. The number of hydrogen-bond donors (Lipinski definition) is 2. The molecule has 3 heterocycles. The van der Waals surface area contributed by atoms with E-state index in [1.54, 1.807) is 30.0 Å². The number of fused-ring (bicyclic) bond motifs is 3. The molecule has 0 saturated carbocycles. The highest BCUT2D eigenvalue weighted by atomic mass is 127. The van der Waals surface area contributed by atoms with Crippen LogP contribution in [0.5, 0.6) is 5.75 Å². The van der Waals surface area contributed by atoms with Crippen LogP contribution in [-0.2, 0) is 6.42 Å². The van der Waals surface area contributed by atoms with Crippen molar-refractivity contribution in [2.45, 2.75) is 24.5 Å². The first-order valence-electron chi connectivity index (χ1n) is 10.2. The second-order valence-electron chi connectivity index (χ2n) is 7.66. The van der Waals surface area contributed by atoms with E-state index in [2.05, 4.69) is 55.4 Å². The average molecular weight is 554 g/mol. The smallest absolute Gasteiger partial charge is 0.194 e. The molecule has 0 fully saturated rings. The predicted octanol–water partition coefficient (Wildman–Crippen LogP) is 5.00. The Hall–Kier alpha value is -2.84. The second kappa shape index (κ2) is 8.60. The van der Waals surface area contributed by atoms with Crippen molar-refractivity contribution in [1.29, 1.82) is 5.26 Å². The molecule has 0 saturated heterocycles. The van der Waals surface area contributed by atoms with Crippen LogP contribution in [0.1, 0.15) is 24.1 Å². The van der Waals surface area contributed by atoms with E-state index in [9.17, 15) is 5.11 Å². The lowest BCUT2D eigenvalue weighted by Gasteiger charge is -2.11. The van der Waals surface area contributed by atoms with Gasteiger partial charge in [0.1, 0.15) is 5.75 Å². The van der Waals surface area contributed by atoms with Gasteiger partial charge in [0.05, 0.1) is 11.6 Å². The van der Waals surface area contributed by atoms with E-state index in [0.29, 0.717) is 22.0 Å². The Kier molecular flexibility index (Phi) is 5.65. The Morgan fingerprint density at radius 1 is 1.25 bits per heavy atom. The molecule has 9 heteroatoms. The van der Waals surface area contributed by atoms with Crippen LogP contribution in [0.3, 0.4) is 0 Å². The number of nitrogens with zero attached hydrogens (tertiary/aromatic N) is 5. The van der Waals surface area contributed by atoms with Gasteiger partial charge in [-0.2, -0.15) is 5.26 Å². The summed E-state index contributed by atoms with van der Waals surface area (Å²) < 4.78 is 2.88. The van der Waals surface area contributed by atoms with Crippen LogP contribution in [0.2, 0.25) is 0 Å². The third-order valence-corrected chi connectivity index (χ3v) is 7.12. The minimum absolute atomic E-state index is 0.197. The molecule has 0 bridgehead atoms. The molecule has 7 nitrogen and oxygen atoms in total. The Balaban J connectivity index is 1.37. The third kappa shape index (κ3) is 3.89. The molecule has 0 aliphatic carbocycles. The van der Waals surface area contributed by atoms with E-state index in [1.807, 2.05) is 24.3 Å². The summed E-state index contributed by atoms with van der Waals surface area (Å²) in [5.74, 6) is 1.96. The molecule has 4 aromatic rings. The van der Waals surface area contributed by atoms with Crippen LogP contribution < -0.4 is 5.32 Å². The van der Waals surface area contributed by atoms with Crippen molar-refractivity contribution in [3.8, 4) is 22.9 Å². The number of imidazole rings is 1. The van der Waals surface area contributed by atoms with Gasteiger partial charge in [0.2, 0.25) is 0 Å². The quantitative estimate of drug-likeness (QED) is 0.265. The number of nitriles is 1. The Morgan fingerprint density at radius 3 is 2.97 bits per heavy atom. The molecular weight excluding hydrogens is 535 g/mol. The minimum atomic E-state index is 0.197. The molecular formula is C23H19IN6OS. The summed E-state index contributed by atoms with van der Waals surface area (Å²) in [7, 11) is 0. The van der Waals surface area contributed by atoms with Gasteiger partial charge in [0.25, 0.3) is 0 Å². The van der Waals surface area contributed by atoms with Crippen molar-refractivity contribution in [3.63, 3.8) is 0 Å². The summed E-state index contributed by atoms with van der Waals surface area (Å²) in [6.45, 7) is 2.84. The van der Waals surface area contributed by atoms with Crippen molar-refractivity contribution >= 4 is 51.3 Å². The zero-order valence-electron chi connectivity index (χ0n) is 17.2. The highest BCUT2D eigenvalue weighted by molar-refractivity contribution is 14.1. The predicted molar refractivity (Wildman–Crippen MR) is 134 cm³/mol. The zero-order valence-corrected chi connectivity index (χ0v) is 20.2. The van der Waals surface area contributed by atoms with Gasteiger partial charge in [-0.15, -0.1) is 0 Å². The molecule has 5 rings (SSSR count). The van der Waals surface area contributed by atoms with Gasteiger partial charge in [0, 0.05) is 46.5 Å². The third-order valence-electron chi connectivity index (χ3n) is 5.44. The van der Waals surface area contributed by atoms with Crippen molar-refractivity contribution < 1.29 is 5.11 Å². The minimum Gasteiger partial charge on any atom is -0.507 e. The van der Waals surface area contributed by atoms with Crippen LogP contribution in [0.4, 0.5) is 5.82 Å². The Bertz CT molecular complexity index is 1380. The zero-order chi connectivity index (χ0) is 22.2. The largest absolute Gasteiger partial charge is 0.507 e. The number of rotatable bonds is 5. The van der Waals surface area contributed by atoms with Crippen molar-refractivity contribution in [2.75, 3.05) is 17.6 Å². The van der Waals surface area contributed by atoms with Crippen LogP contribution >= 0.6 is 34.4 Å². The number of phenols is 1. The molecule has 32 heavy (non-hydrogen) atoms. The standard InChI is InChI=1S/C23H19IN6OS/c1-13-12-32-23-27-19-20(28-22(24)29-21(19)30(13)23)26-8-7-14-5-6-18(31)17(10-14)16-4-2-3-15(9-16)11-25/h2-6,9-10,13,31H,7-8,12H2,1H3,(H,26,28,29)/t13-/m1/s1. The van der Waals surface area contributed by atoms with E-state index in [-0.39, 0.29) is 5.75 Å². The normalized spacial score (nSPS) is 15.0. The van der Waals surface area contributed by atoms with Gasteiger partial charge in [0.15, 0.2) is 26.0 Å². The molecule has 0 radical (unpaired) electrons. The summed E-state index contributed by atoms with van der Waals surface area (Å²) in [4.78, 5) is 14.0. The first-order chi connectivity index (χ1) is 15.5. The molecule has 1 aliphatic heterocycles. The fourth-order valence-corrected chi connectivity index (χ4v) is 5.44. The maximum absolute atomic E-state index is 10.4. The molecule has 2 N–H and O–H groups in total. The van der Waals surface area contributed by atoms with E-state index in [1.165, 1.54) is 0 Å². The molecule has 0 amide bonds. The SMILES string of the molecule is C[C@@H]1CSc2nc3c(NCCc4ccc(O)c(-c5cccc(C#N)c5)c4)nc(I)nc3n21. The summed E-state index contributed by atoms with van der Waals surface area (Å²) in [6.07, 6.45) is 0.742. The number of nitrogens with one attached hydrogen (secondary N) is 1. The summed E-state index contributed by atoms with van der Waals surface area (Å²) >= 11 is 3.90. The number of thioether (sulfide) groups is 1. The van der Waals surface area contributed by atoms with E-state index in [4.69, 9.17) is 10.2 Å². The van der Waals surface area contributed by atoms with Crippen molar-refractivity contribution in [1.82, 2.24) is 19.5 Å². The summed E-state index contributed by atoms with van der Waals surface area (Å²) in [5.41, 5.74) is 4.86. The number of aromatic hydroxyl groups is 1. The van der Waals surface area contributed by atoms with Gasteiger partial charge in [-0.3, -0.25) is 4.57 Å². The van der Waals surface area contributed by atoms with E-state index in [0.717, 1.165) is 51.0 Å². The molecule has 160 valence electrons. The number of phenolic OH excluding ortho intramolecular Hbond substituents is 1. The van der Waals surface area contributed by atoms with Crippen LogP contribution in [0, 0.1) is 15.2 Å². The Morgan fingerprint density at radius 2 is 2.12 bits per heavy atom. The van der Waals surface area contributed by atoms with Crippen molar-refractivity contribution in [3.05, 3.63) is 57.4 Å². The molecule has 2 aromatic carbocycles. The second-order valence-corrected chi connectivity index (χ2v) is 9.61. The lowest BCUT2D eigenvalue weighted by atomic mass is 9.99. The van der Waals surface area contributed by atoms with Gasteiger partial charge < -0.3 is 10.4 Å². The number of aromatic nitrogens is 4. The maximum atomic E-state index is 10.4. The molecule has 1 aliphatic rings. The maximum Gasteiger partial charge on any atom is 0.194 e. The fourth-order valence-electron chi connectivity index (χ4n) is 3.87. The number of halogens is 1. The highest BCUT2D eigenvalue weighted by Gasteiger charge is 2.26. The molecule has 1 atom stereocenters. The summed E-state index contributed by atoms with van der Waals surface area (Å²) in [6, 6.07) is 15.4. The first-order valence-corrected chi connectivity index (χ1v) is 12.2. The van der Waals surface area contributed by atoms with Crippen LogP contribution in [0.15, 0.2) is 47.6 Å². The number of benzene rings is 2. The monoisotopic (exact) mass is 554 g/mol. The van der Waals surface area contributed by atoms with E-state index >= 15 is 0 Å². The van der Waals surface area contributed by atoms with Gasteiger partial charge >= 0.3 is 0 Å². The molecule has 0 unspecified atom stereocenters. The summed E-state index contributed by atoms with van der Waals surface area (Å²) in [5, 5.41) is 23.9. The van der Waals surface area contributed by atoms with Crippen LogP contribution in [0.25, 0.3) is 22.3 Å². The van der Waals surface area contributed by atoms with Crippen LogP contribution in [-0.4, -0.2) is 36.9 Å². The van der Waals surface area contributed by atoms with E-state index < -0.39 is 0 Å². The Labute approximate surface area is 203 Å². The van der Waals surface area contributed by atoms with Gasteiger partial charge in [-0.25, -0.2) is 15.0 Å². The van der Waals surface area contributed by atoms with Gasteiger partial charge in [-0.1, -0.05) is 30.0 Å². The van der Waals surface area contributed by atoms with Gasteiger partial charge in [-0.05, 0) is 48.7 Å². The number of anilines is 1. The van der Waals surface area contributed by atoms with Crippen molar-refractivity contribution in [2.24, 2.45) is 0 Å².